The predicted octanol–water partition coefficient (Wildman–Crippen LogP) is 2.46. The maximum absolute atomic E-state index is 13.0. The summed E-state index contributed by atoms with van der Waals surface area (Å²) in [5.41, 5.74) is 2.02. The Hall–Kier alpha value is -2.08. The van der Waals surface area contributed by atoms with Gasteiger partial charge >= 0.3 is 0 Å². The summed E-state index contributed by atoms with van der Waals surface area (Å²) in [7, 11) is 5.60. The zero-order chi connectivity index (χ0) is 16.8. The molecule has 1 heterocycles. The van der Waals surface area contributed by atoms with Crippen LogP contribution in [-0.4, -0.2) is 41.3 Å². The van der Waals surface area contributed by atoms with Gasteiger partial charge in [-0.3, -0.25) is 9.67 Å². The molecule has 0 bridgehead atoms. The molecule has 5 nitrogen and oxygen atoms in total. The van der Waals surface area contributed by atoms with Gasteiger partial charge < -0.3 is 10.2 Å². The first-order valence-corrected chi connectivity index (χ1v) is 7.70. The van der Waals surface area contributed by atoms with Gasteiger partial charge in [0.2, 0.25) is 0 Å². The molecule has 0 fully saturated rings. The van der Waals surface area contributed by atoms with Crippen molar-refractivity contribution < 1.29 is 4.39 Å². The van der Waals surface area contributed by atoms with Gasteiger partial charge in [0.05, 0.1) is 6.20 Å². The van der Waals surface area contributed by atoms with Crippen LogP contribution >= 0.6 is 11.6 Å². The van der Waals surface area contributed by atoms with Crippen molar-refractivity contribution in [3.63, 3.8) is 0 Å². The predicted molar refractivity (Wildman–Crippen MR) is 91.2 cm³/mol. The fourth-order valence-corrected chi connectivity index (χ4v) is 2.58. The van der Waals surface area contributed by atoms with Gasteiger partial charge in [0.25, 0.3) is 0 Å². The van der Waals surface area contributed by atoms with Crippen LogP contribution in [0, 0.1) is 5.82 Å². The molecule has 2 rings (SSSR count). The van der Waals surface area contributed by atoms with E-state index in [0.717, 1.165) is 17.1 Å². The number of aryl methyl sites for hydroxylation is 1. The molecule has 0 saturated carbocycles. The highest BCUT2D eigenvalue weighted by Gasteiger charge is 2.08. The minimum atomic E-state index is -0.321. The van der Waals surface area contributed by atoms with E-state index < -0.39 is 0 Å². The molecule has 2 aromatic rings. The lowest BCUT2D eigenvalue weighted by atomic mass is 10.1. The van der Waals surface area contributed by atoms with E-state index in [2.05, 4.69) is 15.4 Å². The molecule has 0 atom stereocenters. The van der Waals surface area contributed by atoms with Crippen LogP contribution in [0.25, 0.3) is 0 Å². The second-order valence-electron chi connectivity index (χ2n) is 5.34. The van der Waals surface area contributed by atoms with Crippen molar-refractivity contribution in [1.29, 1.82) is 0 Å². The quantitative estimate of drug-likeness (QED) is 0.673. The summed E-state index contributed by atoms with van der Waals surface area (Å²) in [4.78, 5) is 6.29. The SMILES string of the molecule is CN=C(NCCc1ccc(F)cc1Cl)N(C)Cc1cnn(C)c1. The lowest BCUT2D eigenvalue weighted by Gasteiger charge is -2.21. The first-order chi connectivity index (χ1) is 11.0. The van der Waals surface area contributed by atoms with E-state index in [4.69, 9.17) is 11.6 Å². The molecule has 23 heavy (non-hydrogen) atoms. The molecule has 0 radical (unpaired) electrons. The van der Waals surface area contributed by atoms with Crippen molar-refractivity contribution in [2.24, 2.45) is 12.0 Å². The van der Waals surface area contributed by atoms with E-state index in [1.54, 1.807) is 17.8 Å². The molecular formula is C16H21ClFN5. The Morgan fingerprint density at radius 2 is 2.26 bits per heavy atom. The summed E-state index contributed by atoms with van der Waals surface area (Å²) in [6.07, 6.45) is 4.50. The zero-order valence-electron chi connectivity index (χ0n) is 13.6. The molecule has 0 spiro atoms. The van der Waals surface area contributed by atoms with Crippen molar-refractivity contribution >= 4 is 17.6 Å². The number of aliphatic imine (C=N–C) groups is 1. The van der Waals surface area contributed by atoms with Gasteiger partial charge in [0, 0.05) is 51.0 Å². The normalized spacial score (nSPS) is 11.6. The summed E-state index contributed by atoms with van der Waals surface area (Å²) in [6, 6.07) is 4.46. The van der Waals surface area contributed by atoms with Crippen molar-refractivity contribution in [3.8, 4) is 0 Å². The summed E-state index contributed by atoms with van der Waals surface area (Å²) < 4.78 is 14.8. The number of hydrogen-bond donors (Lipinski definition) is 1. The van der Waals surface area contributed by atoms with E-state index in [9.17, 15) is 4.39 Å². The lowest BCUT2D eigenvalue weighted by molar-refractivity contribution is 0.477. The molecule has 0 amide bonds. The number of nitrogens with one attached hydrogen (secondary N) is 1. The summed E-state index contributed by atoms with van der Waals surface area (Å²) in [5.74, 6) is 0.464. The Labute approximate surface area is 140 Å². The van der Waals surface area contributed by atoms with Crippen LogP contribution in [0.15, 0.2) is 35.6 Å². The first-order valence-electron chi connectivity index (χ1n) is 7.33. The number of guanidine groups is 1. The van der Waals surface area contributed by atoms with Crippen LogP contribution in [-0.2, 0) is 20.0 Å². The topological polar surface area (TPSA) is 45.5 Å². The maximum atomic E-state index is 13.0. The van der Waals surface area contributed by atoms with Gasteiger partial charge in [-0.25, -0.2) is 4.39 Å². The summed E-state index contributed by atoms with van der Waals surface area (Å²) in [5, 5.41) is 7.89. The zero-order valence-corrected chi connectivity index (χ0v) is 14.3. The maximum Gasteiger partial charge on any atom is 0.193 e. The van der Waals surface area contributed by atoms with Crippen molar-refractivity contribution in [2.45, 2.75) is 13.0 Å². The third kappa shape index (κ3) is 4.96. The smallest absolute Gasteiger partial charge is 0.193 e. The standard InChI is InChI=1S/C16H21ClFN5/c1-19-16(22(2)10-12-9-21-23(3)11-12)20-7-6-13-4-5-14(18)8-15(13)17/h4-5,8-9,11H,6-7,10H2,1-3H3,(H,19,20). The second-order valence-corrected chi connectivity index (χ2v) is 5.75. The Kier molecular flexibility index (Phi) is 5.98. The second kappa shape index (κ2) is 7.97. The summed E-state index contributed by atoms with van der Waals surface area (Å²) in [6.45, 7) is 1.38. The third-order valence-corrected chi connectivity index (χ3v) is 3.80. The number of aromatic nitrogens is 2. The van der Waals surface area contributed by atoms with Gasteiger partial charge in [0.15, 0.2) is 5.96 Å². The van der Waals surface area contributed by atoms with Gasteiger partial charge in [-0.2, -0.15) is 5.10 Å². The van der Waals surface area contributed by atoms with E-state index in [-0.39, 0.29) is 5.82 Å². The Morgan fingerprint density at radius 3 is 2.87 bits per heavy atom. The van der Waals surface area contributed by atoms with Crippen molar-refractivity contribution in [2.75, 3.05) is 20.6 Å². The van der Waals surface area contributed by atoms with Crippen LogP contribution in [0.5, 0.6) is 0 Å². The molecule has 0 aliphatic carbocycles. The highest BCUT2D eigenvalue weighted by molar-refractivity contribution is 6.31. The third-order valence-electron chi connectivity index (χ3n) is 3.44. The number of benzene rings is 1. The molecule has 0 aliphatic heterocycles. The average Bonchev–Trinajstić information content (AvgIpc) is 2.90. The molecular weight excluding hydrogens is 317 g/mol. The van der Waals surface area contributed by atoms with E-state index in [1.807, 2.05) is 31.4 Å². The van der Waals surface area contributed by atoms with Crippen LogP contribution in [0.1, 0.15) is 11.1 Å². The Balaban J connectivity index is 1.87. The van der Waals surface area contributed by atoms with E-state index in [0.29, 0.717) is 24.5 Å². The molecule has 7 heteroatoms. The van der Waals surface area contributed by atoms with Gasteiger partial charge in [-0.05, 0) is 24.1 Å². The molecule has 1 aromatic heterocycles. The Bertz CT molecular complexity index is 683. The fourth-order valence-electron chi connectivity index (χ4n) is 2.32. The van der Waals surface area contributed by atoms with Crippen LogP contribution in [0.2, 0.25) is 5.02 Å². The van der Waals surface area contributed by atoms with Gasteiger partial charge in [-0.15, -0.1) is 0 Å². The van der Waals surface area contributed by atoms with Crippen molar-refractivity contribution in [1.82, 2.24) is 20.0 Å². The van der Waals surface area contributed by atoms with Crippen LogP contribution in [0.3, 0.4) is 0 Å². The van der Waals surface area contributed by atoms with Crippen molar-refractivity contribution in [3.05, 3.63) is 52.6 Å². The fraction of sp³-hybridized carbons (Fsp3) is 0.375. The molecule has 0 aliphatic rings. The largest absolute Gasteiger partial charge is 0.356 e. The molecule has 124 valence electrons. The van der Waals surface area contributed by atoms with E-state index in [1.165, 1.54) is 12.1 Å². The highest BCUT2D eigenvalue weighted by atomic mass is 35.5. The number of nitrogens with zero attached hydrogens (tertiary/aromatic N) is 4. The molecule has 1 aromatic carbocycles. The van der Waals surface area contributed by atoms with Crippen LogP contribution in [0.4, 0.5) is 4.39 Å². The Morgan fingerprint density at radius 1 is 1.48 bits per heavy atom. The molecule has 0 unspecified atom stereocenters. The molecule has 1 N–H and O–H groups in total. The average molecular weight is 338 g/mol. The monoisotopic (exact) mass is 337 g/mol. The highest BCUT2D eigenvalue weighted by Crippen LogP contribution is 2.17. The summed E-state index contributed by atoms with van der Waals surface area (Å²) >= 11 is 6.03. The van der Waals surface area contributed by atoms with Gasteiger partial charge in [0.1, 0.15) is 5.82 Å². The minimum Gasteiger partial charge on any atom is -0.356 e. The number of rotatable bonds is 5. The lowest BCUT2D eigenvalue weighted by Crippen LogP contribution is -2.39. The molecule has 0 saturated heterocycles. The van der Waals surface area contributed by atoms with E-state index >= 15 is 0 Å². The minimum absolute atomic E-state index is 0.321. The number of halogens is 2. The first kappa shape index (κ1) is 17.3. The van der Waals surface area contributed by atoms with Gasteiger partial charge in [-0.1, -0.05) is 17.7 Å². The number of hydrogen-bond acceptors (Lipinski definition) is 2. The van der Waals surface area contributed by atoms with Crippen LogP contribution < -0.4 is 5.32 Å².